The monoisotopic (exact) mass is 752 g/mol. The molecule has 0 saturated carbocycles. The molecule has 0 spiro atoms. The lowest BCUT2D eigenvalue weighted by molar-refractivity contribution is -0.192. The van der Waals surface area contributed by atoms with Gasteiger partial charge >= 0.3 is 6.18 Å². The van der Waals surface area contributed by atoms with Gasteiger partial charge in [-0.15, -0.1) is 0 Å². The fraction of sp³-hybridized carbons (Fsp3) is 0.375. The van der Waals surface area contributed by atoms with Gasteiger partial charge in [0.25, 0.3) is 10.0 Å². The molecule has 0 aliphatic carbocycles. The van der Waals surface area contributed by atoms with Gasteiger partial charge in [0.15, 0.2) is 0 Å². The number of aromatic nitrogens is 2. The zero-order valence-electron chi connectivity index (χ0n) is 25.5. The number of rotatable bonds is 9. The Kier molecular flexibility index (Phi) is 9.70. The molecule has 47 heavy (non-hydrogen) atoms. The predicted molar refractivity (Wildman–Crippen MR) is 174 cm³/mol. The first-order chi connectivity index (χ1) is 22.5. The van der Waals surface area contributed by atoms with Crippen LogP contribution in [0.5, 0.6) is 17.2 Å². The number of hydrogen-bond acceptors (Lipinski definition) is 9. The molecule has 3 heterocycles. The van der Waals surface area contributed by atoms with E-state index in [1.807, 2.05) is 24.3 Å². The molecule has 1 fully saturated rings. The standard InChI is InChI=1S/C32H32BrF3N4O5S2/c1-43-24-7-6-21(29(16-24)44-2)18-40(31-37-19-38-46-31)47(41,42)25-8-9-26-27(11-13-45-30(26)17-25)39-12-10-22(32(34,35)36)15-28(39)20-4-3-5-23(33)14-20/h3-9,14,16-17,19,22,27-28H,10-13,15,18H2,1-2H3/t22?,27-,28-/m0/s1. The van der Waals surface area contributed by atoms with E-state index >= 15 is 0 Å². The van der Waals surface area contributed by atoms with E-state index in [9.17, 15) is 21.6 Å². The summed E-state index contributed by atoms with van der Waals surface area (Å²) in [4.78, 5) is 6.29. The lowest BCUT2D eigenvalue weighted by Crippen LogP contribution is -2.44. The summed E-state index contributed by atoms with van der Waals surface area (Å²) >= 11 is 4.41. The molecule has 4 aromatic rings. The molecular formula is C32H32BrF3N4O5S2. The molecule has 1 saturated heterocycles. The average Bonchev–Trinajstić information content (AvgIpc) is 3.60. The van der Waals surface area contributed by atoms with Crippen LogP contribution in [0, 0.1) is 5.92 Å². The zero-order chi connectivity index (χ0) is 33.3. The summed E-state index contributed by atoms with van der Waals surface area (Å²) in [6, 6.07) is 16.5. The second-order valence-electron chi connectivity index (χ2n) is 11.3. The Morgan fingerprint density at radius 3 is 2.60 bits per heavy atom. The molecule has 15 heteroatoms. The van der Waals surface area contributed by atoms with Crippen LogP contribution < -0.4 is 18.5 Å². The highest BCUT2D eigenvalue weighted by Gasteiger charge is 2.46. The number of halogens is 4. The van der Waals surface area contributed by atoms with E-state index in [1.165, 1.54) is 37.0 Å². The van der Waals surface area contributed by atoms with Crippen LogP contribution in [-0.2, 0) is 16.6 Å². The predicted octanol–water partition coefficient (Wildman–Crippen LogP) is 7.55. The molecule has 6 rings (SSSR count). The van der Waals surface area contributed by atoms with Gasteiger partial charge in [-0.3, -0.25) is 4.90 Å². The SMILES string of the molecule is COc1ccc(CN(c2ncns2)S(=O)(=O)c2ccc3c(c2)OCC[C@@H]3N2CCC(C(F)(F)F)C[C@H]2c2cccc(Br)c2)c(OC)c1. The summed E-state index contributed by atoms with van der Waals surface area (Å²) in [6.07, 6.45) is -2.53. The fourth-order valence-electron chi connectivity index (χ4n) is 6.35. The molecule has 2 aliphatic rings. The fourth-order valence-corrected chi connectivity index (χ4v) is 8.91. The molecular weight excluding hydrogens is 721 g/mol. The van der Waals surface area contributed by atoms with Gasteiger partial charge in [-0.2, -0.15) is 17.5 Å². The minimum absolute atomic E-state index is 0.0149. The topological polar surface area (TPSA) is 94.1 Å². The maximum atomic E-state index is 14.2. The summed E-state index contributed by atoms with van der Waals surface area (Å²) in [6.45, 7) is 0.433. The Morgan fingerprint density at radius 2 is 1.89 bits per heavy atom. The first-order valence-corrected chi connectivity index (χ1v) is 17.8. The summed E-state index contributed by atoms with van der Waals surface area (Å²) in [5, 5.41) is 0.170. The third-order valence-electron chi connectivity index (χ3n) is 8.69. The van der Waals surface area contributed by atoms with Crippen LogP contribution in [0.4, 0.5) is 18.3 Å². The number of ether oxygens (including phenoxy) is 3. The van der Waals surface area contributed by atoms with Crippen molar-refractivity contribution in [3.05, 3.63) is 88.2 Å². The molecule has 0 amide bonds. The van der Waals surface area contributed by atoms with Crippen molar-refractivity contribution in [2.45, 2.75) is 49.0 Å². The molecule has 0 bridgehead atoms. The van der Waals surface area contributed by atoms with Crippen molar-refractivity contribution < 1.29 is 35.8 Å². The third kappa shape index (κ3) is 6.94. The highest BCUT2D eigenvalue weighted by Crippen LogP contribution is 2.48. The smallest absolute Gasteiger partial charge is 0.391 e. The van der Waals surface area contributed by atoms with E-state index in [1.54, 1.807) is 24.3 Å². The van der Waals surface area contributed by atoms with Crippen molar-refractivity contribution in [2.24, 2.45) is 5.92 Å². The molecule has 2 aliphatic heterocycles. The number of hydrogen-bond donors (Lipinski definition) is 0. The van der Waals surface area contributed by atoms with E-state index in [0.717, 1.165) is 27.1 Å². The van der Waals surface area contributed by atoms with E-state index in [0.29, 0.717) is 29.2 Å². The van der Waals surface area contributed by atoms with Crippen molar-refractivity contribution in [3.8, 4) is 17.2 Å². The molecule has 9 nitrogen and oxygen atoms in total. The van der Waals surface area contributed by atoms with Crippen molar-refractivity contribution >= 4 is 42.6 Å². The number of piperidine rings is 1. The minimum Gasteiger partial charge on any atom is -0.497 e. The maximum Gasteiger partial charge on any atom is 0.391 e. The molecule has 0 N–H and O–H groups in total. The van der Waals surface area contributed by atoms with Crippen LogP contribution in [-0.4, -0.2) is 56.2 Å². The van der Waals surface area contributed by atoms with Gasteiger partial charge < -0.3 is 14.2 Å². The summed E-state index contributed by atoms with van der Waals surface area (Å²) < 4.78 is 93.1. The quantitative estimate of drug-likeness (QED) is 0.173. The number of anilines is 1. The number of likely N-dealkylation sites (tertiary alicyclic amines) is 1. The number of methoxy groups -OCH3 is 2. The molecule has 0 radical (unpaired) electrons. The number of fused-ring (bicyclic) bond motifs is 1. The summed E-state index contributed by atoms with van der Waals surface area (Å²) in [5.41, 5.74) is 2.12. The molecule has 3 aromatic carbocycles. The normalized spacial score (nSPS) is 20.3. The van der Waals surface area contributed by atoms with Crippen molar-refractivity contribution in [1.29, 1.82) is 0 Å². The minimum atomic E-state index is -4.29. The summed E-state index contributed by atoms with van der Waals surface area (Å²) in [7, 11) is -1.17. The number of alkyl halides is 3. The number of nitrogens with zero attached hydrogens (tertiary/aromatic N) is 4. The van der Waals surface area contributed by atoms with Crippen molar-refractivity contribution in [1.82, 2.24) is 14.3 Å². The van der Waals surface area contributed by atoms with Crippen LogP contribution in [0.15, 0.2) is 76.4 Å². The second kappa shape index (κ2) is 13.6. The van der Waals surface area contributed by atoms with Crippen LogP contribution >= 0.6 is 27.5 Å². The number of sulfonamides is 1. The van der Waals surface area contributed by atoms with Crippen LogP contribution in [0.1, 0.15) is 48.0 Å². The van der Waals surface area contributed by atoms with Crippen LogP contribution in [0.25, 0.3) is 0 Å². The molecule has 1 aromatic heterocycles. The van der Waals surface area contributed by atoms with Gasteiger partial charge in [0.1, 0.15) is 23.6 Å². The Labute approximate surface area is 283 Å². The highest BCUT2D eigenvalue weighted by atomic mass is 79.9. The molecule has 250 valence electrons. The summed E-state index contributed by atoms with van der Waals surface area (Å²) in [5.74, 6) is -0.0280. The van der Waals surface area contributed by atoms with Gasteiger partial charge in [-0.05, 0) is 55.3 Å². The Bertz CT molecular complexity index is 1830. The first kappa shape index (κ1) is 33.5. The zero-order valence-corrected chi connectivity index (χ0v) is 28.7. The average molecular weight is 754 g/mol. The van der Waals surface area contributed by atoms with Crippen LogP contribution in [0.2, 0.25) is 0 Å². The largest absolute Gasteiger partial charge is 0.497 e. The first-order valence-electron chi connectivity index (χ1n) is 14.8. The number of benzene rings is 3. The van der Waals surface area contributed by atoms with Gasteiger partial charge in [-0.1, -0.05) is 34.1 Å². The molecule has 1 unspecified atom stereocenters. The van der Waals surface area contributed by atoms with Gasteiger partial charge in [0.2, 0.25) is 5.13 Å². The van der Waals surface area contributed by atoms with Gasteiger partial charge in [0.05, 0.1) is 38.2 Å². The van der Waals surface area contributed by atoms with Gasteiger partial charge in [0, 0.05) is 57.8 Å². The van der Waals surface area contributed by atoms with Crippen molar-refractivity contribution in [2.75, 3.05) is 31.7 Å². The van der Waals surface area contributed by atoms with E-state index in [-0.39, 0.29) is 48.6 Å². The maximum absolute atomic E-state index is 14.2. The van der Waals surface area contributed by atoms with Gasteiger partial charge in [-0.25, -0.2) is 17.7 Å². The van der Waals surface area contributed by atoms with Crippen LogP contribution in [0.3, 0.4) is 0 Å². The second-order valence-corrected chi connectivity index (χ2v) is 14.9. The van der Waals surface area contributed by atoms with E-state index < -0.39 is 28.2 Å². The molecule has 3 atom stereocenters. The lowest BCUT2D eigenvalue weighted by atomic mass is 9.84. The lowest BCUT2D eigenvalue weighted by Gasteiger charge is -2.46. The van der Waals surface area contributed by atoms with E-state index in [2.05, 4.69) is 30.2 Å². The Morgan fingerprint density at radius 1 is 1.06 bits per heavy atom. The third-order valence-corrected chi connectivity index (χ3v) is 11.7. The Balaban J connectivity index is 1.34. The van der Waals surface area contributed by atoms with E-state index in [4.69, 9.17) is 14.2 Å². The Hall–Kier alpha value is -3.40. The van der Waals surface area contributed by atoms with Crippen molar-refractivity contribution in [3.63, 3.8) is 0 Å². The highest BCUT2D eigenvalue weighted by molar-refractivity contribution is 9.10.